The van der Waals surface area contributed by atoms with Gasteiger partial charge in [-0.2, -0.15) is 17.0 Å². The molecular weight excluding hydrogens is 292 g/mol. The highest BCUT2D eigenvalue weighted by atomic mass is 32.2. The summed E-state index contributed by atoms with van der Waals surface area (Å²) in [5, 5.41) is 8.82. The molecule has 20 heavy (non-hydrogen) atoms. The summed E-state index contributed by atoms with van der Waals surface area (Å²) in [4.78, 5) is 2.27. The Balaban J connectivity index is 2.73. The molecule has 0 radical (unpaired) electrons. The maximum Gasteiger partial charge on any atom is 0.179 e. The van der Waals surface area contributed by atoms with Crippen LogP contribution in [0.15, 0.2) is 29.2 Å². The van der Waals surface area contributed by atoms with Crippen molar-refractivity contribution >= 4 is 21.6 Å². The molecule has 1 aromatic rings. The van der Waals surface area contributed by atoms with Gasteiger partial charge in [0.2, 0.25) is 0 Å². The molecule has 0 spiro atoms. The zero-order valence-electron chi connectivity index (χ0n) is 12.0. The first-order chi connectivity index (χ1) is 9.40. The number of hydrogen-bond acceptors (Lipinski definition) is 5. The second kappa shape index (κ2) is 7.67. The zero-order chi connectivity index (χ0) is 15.2. The maximum atomic E-state index is 12.2. The summed E-state index contributed by atoms with van der Waals surface area (Å²) in [5.74, 6) is 1.04. The number of rotatable bonds is 7. The maximum absolute atomic E-state index is 12.2. The lowest BCUT2D eigenvalue weighted by molar-refractivity contribution is 0.294. The van der Waals surface area contributed by atoms with Gasteiger partial charge in [0.05, 0.1) is 22.3 Å². The van der Waals surface area contributed by atoms with Crippen molar-refractivity contribution in [3.8, 4) is 6.07 Å². The first-order valence-electron chi connectivity index (χ1n) is 6.33. The number of nitriles is 1. The number of sulfone groups is 1. The molecule has 0 aliphatic carbocycles. The average molecular weight is 312 g/mol. The molecule has 0 heterocycles. The quantitative estimate of drug-likeness (QED) is 0.771. The van der Waals surface area contributed by atoms with Gasteiger partial charge >= 0.3 is 0 Å². The minimum Gasteiger partial charge on any atom is -0.302 e. The Morgan fingerprint density at radius 3 is 2.75 bits per heavy atom. The van der Waals surface area contributed by atoms with Gasteiger partial charge in [-0.25, -0.2) is 8.42 Å². The lowest BCUT2D eigenvalue weighted by atomic mass is 10.2. The normalized spacial score (nSPS) is 13.2. The predicted molar refractivity (Wildman–Crippen MR) is 83.7 cm³/mol. The molecule has 0 saturated heterocycles. The van der Waals surface area contributed by atoms with E-state index in [9.17, 15) is 8.42 Å². The van der Waals surface area contributed by atoms with Gasteiger partial charge in [-0.05, 0) is 38.4 Å². The minimum absolute atomic E-state index is 0.0666. The van der Waals surface area contributed by atoms with Crippen LogP contribution in [-0.4, -0.2) is 50.7 Å². The summed E-state index contributed by atoms with van der Waals surface area (Å²) in [6, 6.07) is 8.48. The molecular formula is C14H20N2O2S2. The summed E-state index contributed by atoms with van der Waals surface area (Å²) < 4.78 is 24.5. The molecule has 1 aromatic carbocycles. The number of thioether (sulfide) groups is 1. The SMILES string of the molecule is CSC[C@H](C)N(C)CCS(=O)(=O)c1cccc(C#N)c1. The molecule has 4 nitrogen and oxygen atoms in total. The average Bonchev–Trinajstić information content (AvgIpc) is 2.45. The molecule has 0 aromatic heterocycles. The fourth-order valence-electron chi connectivity index (χ4n) is 1.73. The fourth-order valence-corrected chi connectivity index (χ4v) is 3.82. The molecule has 0 unspecified atom stereocenters. The molecule has 1 rings (SSSR count). The molecule has 0 aliphatic rings. The van der Waals surface area contributed by atoms with Crippen LogP contribution in [-0.2, 0) is 9.84 Å². The van der Waals surface area contributed by atoms with E-state index in [4.69, 9.17) is 5.26 Å². The Hall–Kier alpha value is -1.03. The minimum atomic E-state index is -3.34. The first-order valence-corrected chi connectivity index (χ1v) is 9.37. The fraction of sp³-hybridized carbons (Fsp3) is 0.500. The van der Waals surface area contributed by atoms with Gasteiger partial charge in [-0.3, -0.25) is 0 Å². The third kappa shape index (κ3) is 4.82. The van der Waals surface area contributed by atoms with Crippen LogP contribution in [0.2, 0.25) is 0 Å². The highest BCUT2D eigenvalue weighted by molar-refractivity contribution is 7.98. The van der Waals surface area contributed by atoms with E-state index in [1.165, 1.54) is 6.07 Å². The van der Waals surface area contributed by atoms with Crippen molar-refractivity contribution < 1.29 is 8.42 Å². The Bertz CT molecular complexity index is 579. The summed E-state index contributed by atoms with van der Waals surface area (Å²) in [7, 11) is -1.40. The molecule has 0 saturated carbocycles. The van der Waals surface area contributed by atoms with Gasteiger partial charge in [-0.1, -0.05) is 6.07 Å². The smallest absolute Gasteiger partial charge is 0.179 e. The van der Waals surface area contributed by atoms with Crippen molar-refractivity contribution in [2.45, 2.75) is 17.9 Å². The molecule has 0 aliphatic heterocycles. The van der Waals surface area contributed by atoms with Crippen LogP contribution in [0.3, 0.4) is 0 Å². The second-order valence-corrected chi connectivity index (χ2v) is 7.76. The number of nitrogens with zero attached hydrogens (tertiary/aromatic N) is 2. The monoisotopic (exact) mass is 312 g/mol. The van der Waals surface area contributed by atoms with Crippen LogP contribution >= 0.6 is 11.8 Å². The summed E-state index contributed by atoms with van der Waals surface area (Å²) in [6.45, 7) is 2.57. The molecule has 0 amide bonds. The van der Waals surface area contributed by atoms with E-state index in [1.54, 1.807) is 30.0 Å². The summed E-state index contributed by atoms with van der Waals surface area (Å²) in [6.07, 6.45) is 2.04. The zero-order valence-corrected chi connectivity index (χ0v) is 13.7. The van der Waals surface area contributed by atoms with Crippen molar-refractivity contribution in [1.29, 1.82) is 5.26 Å². The van der Waals surface area contributed by atoms with Crippen molar-refractivity contribution in [1.82, 2.24) is 4.90 Å². The van der Waals surface area contributed by atoms with E-state index < -0.39 is 9.84 Å². The third-order valence-corrected chi connectivity index (χ3v) is 5.70. The summed E-state index contributed by atoms with van der Waals surface area (Å²) in [5.41, 5.74) is 0.371. The van der Waals surface area contributed by atoms with Crippen molar-refractivity contribution in [3.63, 3.8) is 0 Å². The van der Waals surface area contributed by atoms with E-state index in [2.05, 4.69) is 6.92 Å². The van der Waals surface area contributed by atoms with E-state index in [0.29, 0.717) is 18.2 Å². The molecule has 110 valence electrons. The lowest BCUT2D eigenvalue weighted by Crippen LogP contribution is -2.34. The van der Waals surface area contributed by atoms with Gasteiger partial charge in [0.1, 0.15) is 0 Å². The van der Waals surface area contributed by atoms with Crippen molar-refractivity contribution in [2.24, 2.45) is 0 Å². The lowest BCUT2D eigenvalue weighted by Gasteiger charge is -2.23. The van der Waals surface area contributed by atoms with Crippen molar-refractivity contribution in [2.75, 3.05) is 31.4 Å². The number of benzene rings is 1. The molecule has 6 heteroatoms. The first kappa shape index (κ1) is 17.0. The largest absolute Gasteiger partial charge is 0.302 e. The van der Waals surface area contributed by atoms with Crippen LogP contribution in [0.5, 0.6) is 0 Å². The molecule has 0 fully saturated rings. The van der Waals surface area contributed by atoms with E-state index >= 15 is 0 Å². The van der Waals surface area contributed by atoms with Gasteiger partial charge in [0.15, 0.2) is 9.84 Å². The van der Waals surface area contributed by atoms with Crippen LogP contribution in [0, 0.1) is 11.3 Å². The predicted octanol–water partition coefficient (Wildman–Crippen LogP) is 2.02. The van der Waals surface area contributed by atoms with Crippen LogP contribution in [0.1, 0.15) is 12.5 Å². The topological polar surface area (TPSA) is 61.2 Å². The van der Waals surface area contributed by atoms with Crippen LogP contribution < -0.4 is 0 Å². The standard InChI is InChI=1S/C14H20N2O2S2/c1-12(11-19-3)16(2)7-8-20(17,18)14-6-4-5-13(9-14)10-15/h4-6,9,12H,7-8,11H2,1-3H3/t12-/m0/s1. The van der Waals surface area contributed by atoms with Gasteiger partial charge in [0.25, 0.3) is 0 Å². The number of hydrogen-bond donors (Lipinski definition) is 0. The highest BCUT2D eigenvalue weighted by Gasteiger charge is 2.17. The van der Waals surface area contributed by atoms with E-state index in [1.807, 2.05) is 24.3 Å². The van der Waals surface area contributed by atoms with Gasteiger partial charge < -0.3 is 4.90 Å². The Kier molecular flexibility index (Phi) is 6.53. The van der Waals surface area contributed by atoms with E-state index in [0.717, 1.165) is 5.75 Å². The Morgan fingerprint density at radius 1 is 1.45 bits per heavy atom. The van der Waals surface area contributed by atoms with Crippen molar-refractivity contribution in [3.05, 3.63) is 29.8 Å². The second-order valence-electron chi connectivity index (χ2n) is 4.74. The van der Waals surface area contributed by atoms with Crippen LogP contribution in [0.25, 0.3) is 0 Å². The molecule has 0 N–H and O–H groups in total. The Morgan fingerprint density at radius 2 is 2.15 bits per heavy atom. The van der Waals surface area contributed by atoms with Gasteiger partial charge in [0, 0.05) is 18.3 Å². The molecule has 0 bridgehead atoms. The highest BCUT2D eigenvalue weighted by Crippen LogP contribution is 2.13. The molecule has 1 atom stereocenters. The summed E-state index contributed by atoms with van der Waals surface area (Å²) >= 11 is 1.75. The third-order valence-electron chi connectivity index (χ3n) is 3.20. The van der Waals surface area contributed by atoms with Crippen LogP contribution in [0.4, 0.5) is 0 Å². The Labute approximate surface area is 125 Å². The van der Waals surface area contributed by atoms with Gasteiger partial charge in [-0.15, -0.1) is 0 Å². The van der Waals surface area contributed by atoms with E-state index in [-0.39, 0.29) is 10.6 Å².